The lowest BCUT2D eigenvalue weighted by molar-refractivity contribution is 0.0949. The second kappa shape index (κ2) is 8.46. The summed E-state index contributed by atoms with van der Waals surface area (Å²) < 4.78 is 2.06. The zero-order valence-corrected chi connectivity index (χ0v) is 17.5. The molecule has 0 saturated heterocycles. The van der Waals surface area contributed by atoms with E-state index in [0.717, 1.165) is 22.4 Å². The van der Waals surface area contributed by atoms with E-state index in [9.17, 15) is 4.79 Å². The van der Waals surface area contributed by atoms with Gasteiger partial charge < -0.3 is 9.88 Å². The molecule has 0 atom stereocenters. The summed E-state index contributed by atoms with van der Waals surface area (Å²) in [4.78, 5) is 17.2. The van der Waals surface area contributed by atoms with Crippen LogP contribution in [0, 0.1) is 0 Å². The Bertz CT molecular complexity index is 1200. The number of aromatic nitrogens is 2. The standard InChI is InChI=1S/C22H16Cl3N3O/c23-16-5-3-4-15(11-16)22(29)26-12-21-27-19-6-1-2-7-20(19)28(21)13-14-8-9-17(24)18(25)10-14/h1-11H,12-13H2,(H,26,29). The average Bonchev–Trinajstić information content (AvgIpc) is 3.06. The molecule has 7 heteroatoms. The highest BCUT2D eigenvalue weighted by Crippen LogP contribution is 2.24. The number of nitrogens with one attached hydrogen (secondary N) is 1. The molecule has 1 aromatic heterocycles. The number of halogens is 3. The van der Waals surface area contributed by atoms with Gasteiger partial charge in [-0.3, -0.25) is 4.79 Å². The maximum absolute atomic E-state index is 12.5. The zero-order valence-electron chi connectivity index (χ0n) is 15.2. The largest absolute Gasteiger partial charge is 0.345 e. The maximum atomic E-state index is 12.5. The van der Waals surface area contributed by atoms with Gasteiger partial charge in [-0.15, -0.1) is 0 Å². The van der Waals surface area contributed by atoms with Crippen LogP contribution < -0.4 is 5.32 Å². The van der Waals surface area contributed by atoms with E-state index in [1.165, 1.54) is 0 Å². The number of rotatable bonds is 5. The summed E-state index contributed by atoms with van der Waals surface area (Å²) in [7, 11) is 0. The van der Waals surface area contributed by atoms with Gasteiger partial charge >= 0.3 is 0 Å². The number of nitrogens with zero attached hydrogens (tertiary/aromatic N) is 2. The molecule has 1 N–H and O–H groups in total. The summed E-state index contributed by atoms with van der Waals surface area (Å²) in [6.07, 6.45) is 0. The molecule has 4 rings (SSSR count). The summed E-state index contributed by atoms with van der Waals surface area (Å²) in [5, 5.41) is 4.46. The number of carbonyl (C=O) groups is 1. The van der Waals surface area contributed by atoms with Crippen LogP contribution in [-0.2, 0) is 13.1 Å². The van der Waals surface area contributed by atoms with E-state index in [4.69, 9.17) is 39.8 Å². The molecule has 0 bridgehead atoms. The number of hydrogen-bond donors (Lipinski definition) is 1. The van der Waals surface area contributed by atoms with Crippen LogP contribution in [0.15, 0.2) is 66.7 Å². The topological polar surface area (TPSA) is 46.9 Å². The van der Waals surface area contributed by atoms with Gasteiger partial charge in [-0.25, -0.2) is 4.98 Å². The number of fused-ring (bicyclic) bond motifs is 1. The van der Waals surface area contributed by atoms with Crippen LogP contribution in [0.1, 0.15) is 21.7 Å². The fourth-order valence-electron chi connectivity index (χ4n) is 3.15. The normalized spacial score (nSPS) is 11.0. The van der Waals surface area contributed by atoms with Gasteiger partial charge in [0.05, 0.1) is 27.6 Å². The van der Waals surface area contributed by atoms with E-state index in [0.29, 0.717) is 27.2 Å². The maximum Gasteiger partial charge on any atom is 0.251 e. The van der Waals surface area contributed by atoms with Crippen LogP contribution in [-0.4, -0.2) is 15.5 Å². The molecule has 0 aliphatic heterocycles. The minimum absolute atomic E-state index is 0.208. The van der Waals surface area contributed by atoms with Crippen LogP contribution in [0.25, 0.3) is 11.0 Å². The molecule has 4 aromatic rings. The Kier molecular flexibility index (Phi) is 5.76. The molecule has 1 heterocycles. The Morgan fingerprint density at radius 2 is 1.76 bits per heavy atom. The molecule has 0 fully saturated rings. The second-order valence-corrected chi connectivity index (χ2v) is 7.80. The molecule has 0 saturated carbocycles. The monoisotopic (exact) mass is 443 g/mol. The van der Waals surface area contributed by atoms with E-state index in [2.05, 4.69) is 9.88 Å². The molecule has 0 aliphatic carbocycles. The van der Waals surface area contributed by atoms with Crippen molar-refractivity contribution in [2.24, 2.45) is 0 Å². The van der Waals surface area contributed by atoms with Gasteiger partial charge in [-0.05, 0) is 48.0 Å². The Balaban J connectivity index is 1.62. The summed E-state index contributed by atoms with van der Waals surface area (Å²) in [6, 6.07) is 20.2. The fraction of sp³-hybridized carbons (Fsp3) is 0.0909. The van der Waals surface area contributed by atoms with E-state index < -0.39 is 0 Å². The highest BCUT2D eigenvalue weighted by atomic mass is 35.5. The van der Waals surface area contributed by atoms with E-state index in [-0.39, 0.29) is 12.5 Å². The fourth-order valence-corrected chi connectivity index (χ4v) is 3.66. The van der Waals surface area contributed by atoms with Crippen molar-refractivity contribution in [3.63, 3.8) is 0 Å². The third-order valence-electron chi connectivity index (χ3n) is 4.55. The van der Waals surface area contributed by atoms with Gasteiger partial charge in [0.2, 0.25) is 0 Å². The van der Waals surface area contributed by atoms with Crippen molar-refractivity contribution in [2.45, 2.75) is 13.1 Å². The van der Waals surface area contributed by atoms with Crippen molar-refractivity contribution in [2.75, 3.05) is 0 Å². The predicted octanol–water partition coefficient (Wildman–Crippen LogP) is 5.97. The Morgan fingerprint density at radius 3 is 2.55 bits per heavy atom. The molecule has 146 valence electrons. The van der Waals surface area contributed by atoms with E-state index in [1.54, 1.807) is 30.3 Å². The van der Waals surface area contributed by atoms with Crippen molar-refractivity contribution in [1.82, 2.24) is 14.9 Å². The zero-order chi connectivity index (χ0) is 20.4. The molecule has 3 aromatic carbocycles. The lowest BCUT2D eigenvalue weighted by Gasteiger charge is -2.11. The van der Waals surface area contributed by atoms with Crippen molar-refractivity contribution in [3.8, 4) is 0 Å². The smallest absolute Gasteiger partial charge is 0.251 e. The summed E-state index contributed by atoms with van der Waals surface area (Å²) >= 11 is 18.2. The van der Waals surface area contributed by atoms with Gasteiger partial charge in [-0.1, -0.05) is 59.1 Å². The first-order valence-electron chi connectivity index (χ1n) is 8.93. The van der Waals surface area contributed by atoms with Gasteiger partial charge in [0, 0.05) is 17.1 Å². The number of carbonyl (C=O) groups excluding carboxylic acids is 1. The number of benzene rings is 3. The summed E-state index contributed by atoms with van der Waals surface area (Å²) in [5.41, 5.74) is 3.33. The van der Waals surface area contributed by atoms with Gasteiger partial charge in [0.1, 0.15) is 5.82 Å². The molecular weight excluding hydrogens is 429 g/mol. The number of hydrogen-bond acceptors (Lipinski definition) is 2. The molecule has 1 amide bonds. The molecule has 4 nitrogen and oxygen atoms in total. The molecular formula is C22H16Cl3N3O. The first kappa shape index (κ1) is 19.8. The molecule has 0 aliphatic rings. The molecule has 0 spiro atoms. The number of amides is 1. The predicted molar refractivity (Wildman–Crippen MR) is 118 cm³/mol. The molecule has 0 unspecified atom stereocenters. The Labute approximate surface area is 183 Å². The lowest BCUT2D eigenvalue weighted by Crippen LogP contribution is -2.24. The first-order chi connectivity index (χ1) is 14.0. The quantitative estimate of drug-likeness (QED) is 0.412. The van der Waals surface area contributed by atoms with E-state index in [1.807, 2.05) is 36.4 Å². The number of imidazole rings is 1. The van der Waals surface area contributed by atoms with Crippen LogP contribution in [0.2, 0.25) is 15.1 Å². The third-order valence-corrected chi connectivity index (χ3v) is 5.53. The Morgan fingerprint density at radius 1 is 0.931 bits per heavy atom. The Hall–Kier alpha value is -2.53. The lowest BCUT2D eigenvalue weighted by atomic mass is 10.2. The minimum Gasteiger partial charge on any atom is -0.345 e. The van der Waals surface area contributed by atoms with Crippen LogP contribution in [0.4, 0.5) is 0 Å². The van der Waals surface area contributed by atoms with Crippen LogP contribution in [0.3, 0.4) is 0 Å². The van der Waals surface area contributed by atoms with Crippen LogP contribution in [0.5, 0.6) is 0 Å². The average molecular weight is 445 g/mol. The van der Waals surface area contributed by atoms with Crippen molar-refractivity contribution in [1.29, 1.82) is 0 Å². The molecule has 29 heavy (non-hydrogen) atoms. The summed E-state index contributed by atoms with van der Waals surface area (Å²) in [5.74, 6) is 0.535. The number of para-hydroxylation sites is 2. The van der Waals surface area contributed by atoms with Crippen molar-refractivity contribution >= 4 is 51.7 Å². The van der Waals surface area contributed by atoms with Crippen molar-refractivity contribution < 1.29 is 4.79 Å². The highest BCUT2D eigenvalue weighted by molar-refractivity contribution is 6.42. The van der Waals surface area contributed by atoms with Gasteiger partial charge in [0.15, 0.2) is 0 Å². The minimum atomic E-state index is -0.208. The van der Waals surface area contributed by atoms with Gasteiger partial charge in [-0.2, -0.15) is 0 Å². The van der Waals surface area contributed by atoms with Gasteiger partial charge in [0.25, 0.3) is 5.91 Å². The van der Waals surface area contributed by atoms with E-state index >= 15 is 0 Å². The van der Waals surface area contributed by atoms with Crippen molar-refractivity contribution in [3.05, 3.63) is 98.7 Å². The summed E-state index contributed by atoms with van der Waals surface area (Å²) in [6.45, 7) is 0.834. The van der Waals surface area contributed by atoms with Crippen LogP contribution >= 0.6 is 34.8 Å². The first-order valence-corrected chi connectivity index (χ1v) is 10.1. The SMILES string of the molecule is O=C(NCc1nc2ccccc2n1Cc1ccc(Cl)c(Cl)c1)c1cccc(Cl)c1. The highest BCUT2D eigenvalue weighted by Gasteiger charge is 2.13. The second-order valence-electron chi connectivity index (χ2n) is 6.54. The molecule has 0 radical (unpaired) electrons. The third kappa shape index (κ3) is 4.40.